The van der Waals surface area contributed by atoms with E-state index in [1.54, 1.807) is 11.8 Å². The molecule has 2 nitrogen and oxygen atoms in total. The molecule has 0 aromatic heterocycles. The van der Waals surface area contributed by atoms with Crippen molar-refractivity contribution in [1.29, 1.82) is 0 Å². The standard InChI is InChI=1S/C11H11NOS/c1-14-7-8-6-11(13)9-4-2-3-5-10(9)12-8/h2-5H,6-7H2,1H3. The zero-order valence-electron chi connectivity index (χ0n) is 7.99. The maximum absolute atomic E-state index is 11.7. The number of carbonyl (C=O) groups excluding carboxylic acids is 1. The van der Waals surface area contributed by atoms with Crippen molar-refractivity contribution in [2.24, 2.45) is 4.99 Å². The number of benzene rings is 1. The number of Topliss-reactive ketones (excluding diaryl/α,β-unsaturated/α-hetero) is 1. The van der Waals surface area contributed by atoms with Gasteiger partial charge >= 0.3 is 0 Å². The fourth-order valence-electron chi connectivity index (χ4n) is 1.55. The van der Waals surface area contributed by atoms with Crippen molar-refractivity contribution >= 4 is 28.9 Å². The second-order valence-electron chi connectivity index (χ2n) is 3.23. The number of nitrogens with zero attached hydrogens (tertiary/aromatic N) is 1. The van der Waals surface area contributed by atoms with Gasteiger partial charge in [0.05, 0.1) is 12.1 Å². The van der Waals surface area contributed by atoms with Crippen molar-refractivity contribution in [3.63, 3.8) is 0 Å². The third-order valence-electron chi connectivity index (χ3n) is 2.16. The summed E-state index contributed by atoms with van der Waals surface area (Å²) in [4.78, 5) is 16.1. The molecule has 0 N–H and O–H groups in total. The lowest BCUT2D eigenvalue weighted by molar-refractivity contribution is 0.1000. The summed E-state index contributed by atoms with van der Waals surface area (Å²) in [6.07, 6.45) is 2.51. The van der Waals surface area contributed by atoms with Gasteiger partial charge in [-0.3, -0.25) is 9.79 Å². The minimum Gasteiger partial charge on any atom is -0.294 e. The van der Waals surface area contributed by atoms with Gasteiger partial charge in [0.2, 0.25) is 0 Å². The normalized spacial score (nSPS) is 14.9. The molecule has 72 valence electrons. The molecule has 14 heavy (non-hydrogen) atoms. The van der Waals surface area contributed by atoms with Crippen LogP contribution in [0.4, 0.5) is 5.69 Å². The lowest BCUT2D eigenvalue weighted by atomic mass is 10.0. The smallest absolute Gasteiger partial charge is 0.170 e. The number of thioether (sulfide) groups is 1. The van der Waals surface area contributed by atoms with E-state index in [0.29, 0.717) is 6.42 Å². The van der Waals surface area contributed by atoms with E-state index in [2.05, 4.69) is 4.99 Å². The highest BCUT2D eigenvalue weighted by atomic mass is 32.2. The lowest BCUT2D eigenvalue weighted by Crippen LogP contribution is -2.14. The molecule has 1 aromatic carbocycles. The Labute approximate surface area is 87.4 Å². The number of rotatable bonds is 2. The van der Waals surface area contributed by atoms with Crippen LogP contribution >= 0.6 is 11.8 Å². The van der Waals surface area contributed by atoms with Gasteiger partial charge in [0.1, 0.15) is 0 Å². The quantitative estimate of drug-likeness (QED) is 0.743. The Morgan fingerprint density at radius 1 is 1.43 bits per heavy atom. The Bertz CT molecular complexity index is 398. The summed E-state index contributed by atoms with van der Waals surface area (Å²) in [5.74, 6) is 1.04. The van der Waals surface area contributed by atoms with Crippen LogP contribution in [-0.4, -0.2) is 23.5 Å². The van der Waals surface area contributed by atoms with Crippen molar-refractivity contribution in [2.75, 3.05) is 12.0 Å². The zero-order valence-corrected chi connectivity index (χ0v) is 8.80. The number of carbonyl (C=O) groups is 1. The van der Waals surface area contributed by atoms with E-state index in [4.69, 9.17) is 0 Å². The number of para-hydroxylation sites is 1. The highest BCUT2D eigenvalue weighted by Crippen LogP contribution is 2.25. The van der Waals surface area contributed by atoms with Gasteiger partial charge in [-0.25, -0.2) is 0 Å². The fourth-order valence-corrected chi connectivity index (χ4v) is 2.05. The molecule has 3 heteroatoms. The van der Waals surface area contributed by atoms with E-state index >= 15 is 0 Å². The van der Waals surface area contributed by atoms with Crippen LogP contribution in [0.25, 0.3) is 0 Å². The predicted molar refractivity (Wildman–Crippen MR) is 60.9 cm³/mol. The van der Waals surface area contributed by atoms with E-state index in [0.717, 1.165) is 22.7 Å². The highest BCUT2D eigenvalue weighted by molar-refractivity contribution is 7.99. The average molecular weight is 205 g/mol. The van der Waals surface area contributed by atoms with Crippen LogP contribution in [0.2, 0.25) is 0 Å². The number of hydrogen-bond acceptors (Lipinski definition) is 3. The Kier molecular flexibility index (Phi) is 2.68. The van der Waals surface area contributed by atoms with Crippen molar-refractivity contribution in [3.8, 4) is 0 Å². The molecule has 0 radical (unpaired) electrons. The Balaban J connectivity index is 2.40. The molecule has 0 unspecified atom stereocenters. The van der Waals surface area contributed by atoms with Crippen molar-refractivity contribution in [2.45, 2.75) is 6.42 Å². The number of fused-ring (bicyclic) bond motifs is 1. The summed E-state index contributed by atoms with van der Waals surface area (Å²) in [6, 6.07) is 7.53. The average Bonchev–Trinajstić information content (AvgIpc) is 2.18. The SMILES string of the molecule is CSCC1=Nc2ccccc2C(=O)C1. The molecule has 0 saturated heterocycles. The van der Waals surface area contributed by atoms with E-state index in [-0.39, 0.29) is 5.78 Å². The molecule has 1 aliphatic rings. The number of ketones is 1. The molecule has 0 spiro atoms. The van der Waals surface area contributed by atoms with E-state index in [1.165, 1.54) is 0 Å². The van der Waals surface area contributed by atoms with Crippen LogP contribution in [0.1, 0.15) is 16.8 Å². The molecule has 0 atom stereocenters. The maximum Gasteiger partial charge on any atom is 0.170 e. The minimum atomic E-state index is 0.194. The molecule has 0 bridgehead atoms. The van der Waals surface area contributed by atoms with Crippen LogP contribution in [0.3, 0.4) is 0 Å². The summed E-state index contributed by atoms with van der Waals surface area (Å²) in [5, 5.41) is 0. The van der Waals surface area contributed by atoms with Crippen molar-refractivity contribution in [3.05, 3.63) is 29.8 Å². The fraction of sp³-hybridized carbons (Fsp3) is 0.273. The van der Waals surface area contributed by atoms with Gasteiger partial charge in [0.15, 0.2) is 5.78 Å². The molecule has 1 aliphatic heterocycles. The summed E-state index contributed by atoms with van der Waals surface area (Å²) >= 11 is 1.70. The number of aliphatic imine (C=N–C) groups is 1. The first kappa shape index (κ1) is 9.46. The second-order valence-corrected chi connectivity index (χ2v) is 4.09. The van der Waals surface area contributed by atoms with Crippen LogP contribution in [0, 0.1) is 0 Å². The Morgan fingerprint density at radius 3 is 3.00 bits per heavy atom. The second kappa shape index (κ2) is 3.96. The van der Waals surface area contributed by atoms with Crippen LogP contribution < -0.4 is 0 Å². The van der Waals surface area contributed by atoms with Gasteiger partial charge in [-0.05, 0) is 18.4 Å². The zero-order chi connectivity index (χ0) is 9.97. The third-order valence-corrected chi connectivity index (χ3v) is 2.78. The molecule has 2 rings (SSSR count). The first-order chi connectivity index (χ1) is 6.81. The van der Waals surface area contributed by atoms with Gasteiger partial charge in [-0.1, -0.05) is 12.1 Å². The monoisotopic (exact) mass is 205 g/mol. The summed E-state index contributed by atoms with van der Waals surface area (Å²) in [7, 11) is 0. The topological polar surface area (TPSA) is 29.4 Å². The van der Waals surface area contributed by atoms with Gasteiger partial charge in [-0.2, -0.15) is 11.8 Å². The Hall–Kier alpha value is -1.09. The van der Waals surface area contributed by atoms with Gasteiger partial charge in [0, 0.05) is 17.0 Å². The molecule has 1 aromatic rings. The van der Waals surface area contributed by atoms with E-state index in [1.807, 2.05) is 30.5 Å². The summed E-state index contributed by atoms with van der Waals surface area (Å²) in [6.45, 7) is 0. The molecule has 0 amide bonds. The molecular weight excluding hydrogens is 194 g/mol. The molecular formula is C11H11NOS. The van der Waals surface area contributed by atoms with Crippen molar-refractivity contribution < 1.29 is 4.79 Å². The third kappa shape index (κ3) is 1.73. The summed E-state index contributed by atoms with van der Waals surface area (Å²) in [5.41, 5.74) is 2.58. The molecule has 0 saturated carbocycles. The van der Waals surface area contributed by atoms with E-state index in [9.17, 15) is 4.79 Å². The first-order valence-corrected chi connectivity index (χ1v) is 5.88. The van der Waals surface area contributed by atoms with Gasteiger partial charge < -0.3 is 0 Å². The first-order valence-electron chi connectivity index (χ1n) is 4.49. The van der Waals surface area contributed by atoms with Gasteiger partial charge in [-0.15, -0.1) is 0 Å². The highest BCUT2D eigenvalue weighted by Gasteiger charge is 2.18. The van der Waals surface area contributed by atoms with E-state index < -0.39 is 0 Å². The molecule has 0 aliphatic carbocycles. The molecule has 1 heterocycles. The lowest BCUT2D eigenvalue weighted by Gasteiger charge is -2.13. The Morgan fingerprint density at radius 2 is 2.21 bits per heavy atom. The van der Waals surface area contributed by atoms with Crippen LogP contribution in [0.15, 0.2) is 29.3 Å². The molecule has 0 fully saturated rings. The maximum atomic E-state index is 11.7. The van der Waals surface area contributed by atoms with Crippen molar-refractivity contribution in [1.82, 2.24) is 0 Å². The van der Waals surface area contributed by atoms with Crippen LogP contribution in [-0.2, 0) is 0 Å². The van der Waals surface area contributed by atoms with Gasteiger partial charge in [0.25, 0.3) is 0 Å². The number of hydrogen-bond donors (Lipinski definition) is 0. The minimum absolute atomic E-state index is 0.194. The van der Waals surface area contributed by atoms with Crippen LogP contribution in [0.5, 0.6) is 0 Å². The predicted octanol–water partition coefficient (Wildman–Crippen LogP) is 2.71. The largest absolute Gasteiger partial charge is 0.294 e. The summed E-state index contributed by atoms with van der Waals surface area (Å²) < 4.78 is 0.